The predicted molar refractivity (Wildman–Crippen MR) is 79.0 cm³/mol. The Balaban J connectivity index is 2.19. The molecule has 2 aromatic carbocycles. The van der Waals surface area contributed by atoms with Gasteiger partial charge in [-0.15, -0.1) is 0 Å². The minimum atomic E-state index is -0.368. The Morgan fingerprint density at radius 1 is 1.05 bits per heavy atom. The second-order valence-electron chi connectivity index (χ2n) is 4.72. The van der Waals surface area contributed by atoms with Crippen LogP contribution in [0.25, 0.3) is 22.1 Å². The van der Waals surface area contributed by atoms with Gasteiger partial charge in [-0.1, -0.05) is 31.2 Å². The Hall–Kier alpha value is -2.55. The van der Waals surface area contributed by atoms with Crippen molar-refractivity contribution >= 4 is 11.0 Å². The van der Waals surface area contributed by atoms with E-state index in [0.29, 0.717) is 16.5 Å². The van der Waals surface area contributed by atoms with Crippen LogP contribution in [0.3, 0.4) is 0 Å². The molecule has 3 aromatic rings. The van der Waals surface area contributed by atoms with Crippen molar-refractivity contribution in [3.05, 3.63) is 64.5 Å². The van der Waals surface area contributed by atoms with E-state index in [1.54, 1.807) is 18.2 Å². The standard InChI is InChI=1S/C17H14O3/c1-2-11-3-5-12(6-4-11)15-10-13-9-14(18)7-8-16(13)20-17(15)19/h3-10,18H,2H2,1H3. The summed E-state index contributed by atoms with van der Waals surface area (Å²) in [5.41, 5.74) is 2.65. The highest BCUT2D eigenvalue weighted by Crippen LogP contribution is 2.24. The lowest BCUT2D eigenvalue weighted by Crippen LogP contribution is -2.02. The first-order valence-corrected chi connectivity index (χ1v) is 6.53. The number of hydrogen-bond acceptors (Lipinski definition) is 3. The lowest BCUT2D eigenvalue weighted by Gasteiger charge is -2.04. The van der Waals surface area contributed by atoms with Crippen LogP contribution in [0, 0.1) is 0 Å². The topological polar surface area (TPSA) is 50.4 Å². The molecule has 0 saturated heterocycles. The fourth-order valence-corrected chi connectivity index (χ4v) is 2.23. The maximum atomic E-state index is 12.0. The van der Waals surface area contributed by atoms with E-state index in [9.17, 15) is 9.90 Å². The van der Waals surface area contributed by atoms with Crippen LogP contribution >= 0.6 is 0 Å². The first-order chi connectivity index (χ1) is 9.67. The minimum Gasteiger partial charge on any atom is -0.508 e. The van der Waals surface area contributed by atoms with Crippen LogP contribution in [-0.2, 0) is 6.42 Å². The number of aryl methyl sites for hydroxylation is 1. The third-order valence-corrected chi connectivity index (χ3v) is 3.39. The Labute approximate surface area is 116 Å². The number of rotatable bonds is 2. The molecule has 100 valence electrons. The molecule has 1 heterocycles. The Morgan fingerprint density at radius 3 is 2.50 bits per heavy atom. The molecule has 20 heavy (non-hydrogen) atoms. The van der Waals surface area contributed by atoms with Gasteiger partial charge in [-0.3, -0.25) is 0 Å². The van der Waals surface area contributed by atoms with Crippen molar-refractivity contribution < 1.29 is 9.52 Å². The quantitative estimate of drug-likeness (QED) is 0.719. The fourth-order valence-electron chi connectivity index (χ4n) is 2.23. The number of benzene rings is 2. The lowest BCUT2D eigenvalue weighted by atomic mass is 10.0. The SMILES string of the molecule is CCc1ccc(-c2cc3cc(O)ccc3oc2=O)cc1. The van der Waals surface area contributed by atoms with Crippen LogP contribution in [0.2, 0.25) is 0 Å². The summed E-state index contributed by atoms with van der Waals surface area (Å²) in [5, 5.41) is 10.2. The molecule has 0 radical (unpaired) electrons. The molecule has 0 atom stereocenters. The maximum absolute atomic E-state index is 12.0. The zero-order valence-electron chi connectivity index (χ0n) is 11.1. The summed E-state index contributed by atoms with van der Waals surface area (Å²) < 4.78 is 5.29. The lowest BCUT2D eigenvalue weighted by molar-refractivity contribution is 0.475. The zero-order valence-corrected chi connectivity index (χ0v) is 11.1. The van der Waals surface area contributed by atoms with Gasteiger partial charge in [0.05, 0.1) is 5.56 Å². The number of phenols is 1. The van der Waals surface area contributed by atoms with Crippen molar-refractivity contribution in [1.82, 2.24) is 0 Å². The van der Waals surface area contributed by atoms with Gasteiger partial charge >= 0.3 is 5.63 Å². The van der Waals surface area contributed by atoms with E-state index < -0.39 is 0 Å². The van der Waals surface area contributed by atoms with Crippen LogP contribution in [0.1, 0.15) is 12.5 Å². The van der Waals surface area contributed by atoms with Gasteiger partial charge in [0.25, 0.3) is 0 Å². The van der Waals surface area contributed by atoms with Crippen molar-refractivity contribution in [2.45, 2.75) is 13.3 Å². The smallest absolute Gasteiger partial charge is 0.344 e. The van der Waals surface area contributed by atoms with E-state index in [1.165, 1.54) is 11.6 Å². The monoisotopic (exact) mass is 266 g/mol. The molecule has 0 saturated carbocycles. The number of aromatic hydroxyl groups is 1. The molecule has 3 nitrogen and oxygen atoms in total. The van der Waals surface area contributed by atoms with E-state index in [4.69, 9.17) is 4.42 Å². The summed E-state index contributed by atoms with van der Waals surface area (Å²) in [6.45, 7) is 2.09. The highest BCUT2D eigenvalue weighted by molar-refractivity contribution is 5.82. The first kappa shape index (κ1) is 12.5. The van der Waals surface area contributed by atoms with E-state index in [2.05, 4.69) is 6.92 Å². The average molecular weight is 266 g/mol. The van der Waals surface area contributed by atoms with Crippen molar-refractivity contribution in [2.24, 2.45) is 0 Å². The molecular formula is C17H14O3. The molecule has 0 aliphatic carbocycles. The molecule has 3 heteroatoms. The summed E-state index contributed by atoms with van der Waals surface area (Å²) >= 11 is 0. The normalized spacial score (nSPS) is 10.8. The molecule has 3 rings (SSSR count). The summed E-state index contributed by atoms with van der Waals surface area (Å²) in [5.74, 6) is 0.152. The van der Waals surface area contributed by atoms with Gasteiger partial charge < -0.3 is 9.52 Å². The Kier molecular flexibility index (Phi) is 3.03. The summed E-state index contributed by atoms with van der Waals surface area (Å²) in [4.78, 5) is 12.0. The second kappa shape index (κ2) is 4.85. The van der Waals surface area contributed by atoms with E-state index in [-0.39, 0.29) is 11.4 Å². The maximum Gasteiger partial charge on any atom is 0.344 e. The van der Waals surface area contributed by atoms with Gasteiger partial charge in [-0.05, 0) is 41.8 Å². The van der Waals surface area contributed by atoms with Crippen LogP contribution in [0.15, 0.2) is 57.7 Å². The van der Waals surface area contributed by atoms with Crippen LogP contribution in [-0.4, -0.2) is 5.11 Å². The molecular weight excluding hydrogens is 252 g/mol. The summed E-state index contributed by atoms with van der Waals surface area (Å²) in [7, 11) is 0. The molecule has 0 bridgehead atoms. The van der Waals surface area contributed by atoms with Gasteiger partial charge in [0.1, 0.15) is 11.3 Å². The Morgan fingerprint density at radius 2 is 1.80 bits per heavy atom. The average Bonchev–Trinajstić information content (AvgIpc) is 2.47. The van der Waals surface area contributed by atoms with Crippen LogP contribution in [0.4, 0.5) is 0 Å². The third-order valence-electron chi connectivity index (χ3n) is 3.39. The molecule has 1 aromatic heterocycles. The zero-order chi connectivity index (χ0) is 14.1. The molecule has 0 unspecified atom stereocenters. The van der Waals surface area contributed by atoms with Gasteiger partial charge in [0, 0.05) is 5.39 Å². The van der Waals surface area contributed by atoms with Gasteiger partial charge in [-0.2, -0.15) is 0 Å². The highest BCUT2D eigenvalue weighted by Gasteiger charge is 2.08. The van der Waals surface area contributed by atoms with E-state index >= 15 is 0 Å². The van der Waals surface area contributed by atoms with Crippen molar-refractivity contribution in [3.63, 3.8) is 0 Å². The fraction of sp³-hybridized carbons (Fsp3) is 0.118. The Bertz CT molecular complexity index is 814. The molecule has 0 fully saturated rings. The van der Waals surface area contributed by atoms with Crippen molar-refractivity contribution in [3.8, 4) is 16.9 Å². The van der Waals surface area contributed by atoms with Crippen LogP contribution < -0.4 is 5.63 Å². The highest BCUT2D eigenvalue weighted by atomic mass is 16.4. The van der Waals surface area contributed by atoms with Crippen LogP contribution in [0.5, 0.6) is 5.75 Å². The molecule has 0 aliphatic heterocycles. The molecule has 0 aliphatic rings. The van der Waals surface area contributed by atoms with Gasteiger partial charge in [-0.25, -0.2) is 4.79 Å². The third kappa shape index (κ3) is 2.18. The largest absolute Gasteiger partial charge is 0.508 e. The second-order valence-corrected chi connectivity index (χ2v) is 4.72. The minimum absolute atomic E-state index is 0.152. The molecule has 0 spiro atoms. The summed E-state index contributed by atoms with van der Waals surface area (Å²) in [6, 6.07) is 14.3. The van der Waals surface area contributed by atoms with Crippen molar-refractivity contribution in [2.75, 3.05) is 0 Å². The first-order valence-electron chi connectivity index (χ1n) is 6.53. The van der Waals surface area contributed by atoms with Gasteiger partial charge in [0.15, 0.2) is 0 Å². The van der Waals surface area contributed by atoms with Gasteiger partial charge in [0.2, 0.25) is 0 Å². The summed E-state index contributed by atoms with van der Waals surface area (Å²) in [6.07, 6.45) is 0.959. The van der Waals surface area contributed by atoms with Crippen molar-refractivity contribution in [1.29, 1.82) is 0 Å². The number of phenolic OH excluding ortho intramolecular Hbond substituents is 1. The molecule has 1 N–H and O–H groups in total. The predicted octanol–water partition coefficient (Wildman–Crippen LogP) is 3.73. The number of fused-ring (bicyclic) bond motifs is 1. The van der Waals surface area contributed by atoms with E-state index in [0.717, 1.165) is 12.0 Å². The number of hydrogen-bond donors (Lipinski definition) is 1. The van der Waals surface area contributed by atoms with E-state index in [1.807, 2.05) is 24.3 Å². The molecule has 0 amide bonds.